The van der Waals surface area contributed by atoms with Crippen molar-refractivity contribution >= 4 is 39.3 Å². The summed E-state index contributed by atoms with van der Waals surface area (Å²) in [4.78, 5) is 11.8. The molecular weight excluding hydrogens is 380 g/mol. The zero-order valence-electron chi connectivity index (χ0n) is 13.8. The molecule has 2 rings (SSSR count). The Morgan fingerprint density at radius 1 is 1.39 bits per heavy atom. The monoisotopic (exact) mass is 402 g/mol. The Morgan fingerprint density at radius 3 is 2.83 bits per heavy atom. The highest BCUT2D eigenvalue weighted by Crippen LogP contribution is 2.32. The Morgan fingerprint density at radius 2 is 2.13 bits per heavy atom. The minimum atomic E-state index is -0.471. The van der Waals surface area contributed by atoms with Gasteiger partial charge in [0.2, 0.25) is 0 Å². The van der Waals surface area contributed by atoms with Crippen molar-refractivity contribution < 1.29 is 9.53 Å². The van der Waals surface area contributed by atoms with Gasteiger partial charge in [0.25, 0.3) is 0 Å². The van der Waals surface area contributed by atoms with Crippen LogP contribution in [0.2, 0.25) is 5.02 Å². The molecule has 1 aliphatic carbocycles. The summed E-state index contributed by atoms with van der Waals surface area (Å²) in [7, 11) is 0. The topological polar surface area (TPSA) is 50.4 Å². The van der Waals surface area contributed by atoms with Gasteiger partial charge in [-0.05, 0) is 57.7 Å². The van der Waals surface area contributed by atoms with Crippen LogP contribution in [-0.4, -0.2) is 24.3 Å². The minimum Gasteiger partial charge on any atom is -0.444 e. The van der Waals surface area contributed by atoms with E-state index < -0.39 is 5.60 Å². The quantitative estimate of drug-likeness (QED) is 0.725. The highest BCUT2D eigenvalue weighted by molar-refractivity contribution is 9.10. The normalized spacial score (nSPS) is 21.1. The third kappa shape index (κ3) is 5.88. The summed E-state index contributed by atoms with van der Waals surface area (Å²) in [5, 5.41) is 7.10. The standard InChI is InChI=1S/C17H24BrClN2O2/c1-17(2,3)23-16(22)20-10-11-5-4-6-14(11)21-15-9-12(18)7-8-13(15)19/h7-9,11,14,21H,4-6,10H2,1-3H3,(H,20,22). The van der Waals surface area contributed by atoms with Crippen LogP contribution in [0, 0.1) is 5.92 Å². The number of carbonyl (C=O) groups excluding carboxylic acids is 1. The average molecular weight is 404 g/mol. The molecule has 1 aromatic rings. The number of rotatable bonds is 4. The number of hydrogen-bond acceptors (Lipinski definition) is 3. The fraction of sp³-hybridized carbons (Fsp3) is 0.588. The summed E-state index contributed by atoms with van der Waals surface area (Å²) in [6.45, 7) is 6.20. The predicted molar refractivity (Wildman–Crippen MR) is 98.1 cm³/mol. The Labute approximate surface area is 151 Å². The Hall–Kier alpha value is -0.940. The van der Waals surface area contributed by atoms with Gasteiger partial charge < -0.3 is 15.4 Å². The molecular formula is C17H24BrClN2O2. The van der Waals surface area contributed by atoms with E-state index in [0.717, 1.165) is 29.4 Å². The number of halogens is 2. The van der Waals surface area contributed by atoms with Crippen LogP contribution in [0.4, 0.5) is 10.5 Å². The van der Waals surface area contributed by atoms with Crippen molar-refractivity contribution in [3.63, 3.8) is 0 Å². The van der Waals surface area contributed by atoms with Crippen LogP contribution in [0.15, 0.2) is 22.7 Å². The molecule has 1 fully saturated rings. The van der Waals surface area contributed by atoms with Crippen LogP contribution in [0.1, 0.15) is 40.0 Å². The van der Waals surface area contributed by atoms with Crippen LogP contribution in [-0.2, 0) is 4.74 Å². The molecule has 1 saturated carbocycles. The lowest BCUT2D eigenvalue weighted by atomic mass is 10.0. The van der Waals surface area contributed by atoms with E-state index in [4.69, 9.17) is 16.3 Å². The van der Waals surface area contributed by atoms with Gasteiger partial charge in [-0.2, -0.15) is 0 Å². The molecule has 4 nitrogen and oxygen atoms in total. The van der Waals surface area contributed by atoms with E-state index in [9.17, 15) is 4.79 Å². The van der Waals surface area contributed by atoms with Gasteiger partial charge in [-0.25, -0.2) is 4.79 Å². The molecule has 6 heteroatoms. The third-order valence-electron chi connectivity index (χ3n) is 3.84. The maximum Gasteiger partial charge on any atom is 0.407 e. The molecule has 0 heterocycles. The second-order valence-corrected chi connectivity index (χ2v) is 8.27. The van der Waals surface area contributed by atoms with Gasteiger partial charge in [0.05, 0.1) is 10.7 Å². The molecule has 1 aromatic carbocycles. The number of ether oxygens (including phenoxy) is 1. The minimum absolute atomic E-state index is 0.303. The first kappa shape index (κ1) is 18.4. The summed E-state index contributed by atoms with van der Waals surface area (Å²) in [6.07, 6.45) is 2.94. The molecule has 0 radical (unpaired) electrons. The number of benzene rings is 1. The summed E-state index contributed by atoms with van der Waals surface area (Å²) < 4.78 is 6.28. The summed E-state index contributed by atoms with van der Waals surface area (Å²) in [5.41, 5.74) is 0.455. The first-order valence-corrected chi connectivity index (χ1v) is 9.10. The highest BCUT2D eigenvalue weighted by Gasteiger charge is 2.28. The lowest BCUT2D eigenvalue weighted by Gasteiger charge is -2.24. The van der Waals surface area contributed by atoms with E-state index in [1.54, 1.807) is 0 Å². The van der Waals surface area contributed by atoms with Crippen molar-refractivity contribution in [3.8, 4) is 0 Å². The van der Waals surface area contributed by atoms with E-state index in [1.807, 2.05) is 39.0 Å². The van der Waals surface area contributed by atoms with Gasteiger partial charge in [0.1, 0.15) is 5.60 Å². The first-order chi connectivity index (χ1) is 10.7. The summed E-state index contributed by atoms with van der Waals surface area (Å²) in [5.74, 6) is 0.373. The Kier molecular flexibility index (Phi) is 6.20. The van der Waals surface area contributed by atoms with Crippen molar-refractivity contribution in [2.75, 3.05) is 11.9 Å². The molecule has 0 aromatic heterocycles. The van der Waals surface area contributed by atoms with Gasteiger partial charge in [-0.15, -0.1) is 0 Å². The highest BCUT2D eigenvalue weighted by atomic mass is 79.9. The first-order valence-electron chi connectivity index (χ1n) is 7.93. The van der Waals surface area contributed by atoms with Crippen molar-refractivity contribution in [1.82, 2.24) is 5.32 Å². The molecule has 1 amide bonds. The van der Waals surface area contributed by atoms with Crippen molar-refractivity contribution in [3.05, 3.63) is 27.7 Å². The average Bonchev–Trinajstić information content (AvgIpc) is 2.86. The second-order valence-electron chi connectivity index (χ2n) is 6.95. The van der Waals surface area contributed by atoms with Gasteiger partial charge in [-0.3, -0.25) is 0 Å². The molecule has 0 spiro atoms. The molecule has 1 aliphatic rings. The number of anilines is 1. The molecule has 0 bridgehead atoms. The van der Waals surface area contributed by atoms with E-state index in [0.29, 0.717) is 23.5 Å². The number of alkyl carbamates (subject to hydrolysis) is 1. The zero-order chi connectivity index (χ0) is 17.0. The van der Waals surface area contributed by atoms with Crippen molar-refractivity contribution in [2.24, 2.45) is 5.92 Å². The van der Waals surface area contributed by atoms with E-state index >= 15 is 0 Å². The van der Waals surface area contributed by atoms with Crippen LogP contribution in [0.5, 0.6) is 0 Å². The number of carbonyl (C=O) groups is 1. The molecule has 128 valence electrons. The number of hydrogen-bond donors (Lipinski definition) is 2. The molecule has 2 atom stereocenters. The van der Waals surface area contributed by atoms with Gasteiger partial charge in [0, 0.05) is 17.1 Å². The van der Waals surface area contributed by atoms with E-state index in [2.05, 4.69) is 26.6 Å². The number of amides is 1. The Balaban J connectivity index is 1.90. The van der Waals surface area contributed by atoms with Crippen LogP contribution < -0.4 is 10.6 Å². The maximum absolute atomic E-state index is 11.8. The van der Waals surface area contributed by atoms with Crippen molar-refractivity contribution in [2.45, 2.75) is 51.7 Å². The van der Waals surface area contributed by atoms with Crippen LogP contribution in [0.3, 0.4) is 0 Å². The van der Waals surface area contributed by atoms with Crippen LogP contribution in [0.25, 0.3) is 0 Å². The lowest BCUT2D eigenvalue weighted by Crippen LogP contribution is -2.38. The van der Waals surface area contributed by atoms with Gasteiger partial charge >= 0.3 is 6.09 Å². The van der Waals surface area contributed by atoms with Gasteiger partial charge in [-0.1, -0.05) is 34.0 Å². The van der Waals surface area contributed by atoms with Gasteiger partial charge in [0.15, 0.2) is 0 Å². The summed E-state index contributed by atoms with van der Waals surface area (Å²) >= 11 is 9.72. The smallest absolute Gasteiger partial charge is 0.407 e. The second kappa shape index (κ2) is 7.75. The largest absolute Gasteiger partial charge is 0.444 e. The summed E-state index contributed by atoms with van der Waals surface area (Å²) in [6, 6.07) is 6.08. The fourth-order valence-corrected chi connectivity index (χ4v) is 3.34. The van der Waals surface area contributed by atoms with Crippen molar-refractivity contribution in [1.29, 1.82) is 0 Å². The maximum atomic E-state index is 11.8. The Bertz CT molecular complexity index is 560. The molecule has 0 saturated heterocycles. The predicted octanol–water partition coefficient (Wildman–Crippen LogP) is 5.21. The molecule has 23 heavy (non-hydrogen) atoms. The molecule has 2 unspecified atom stereocenters. The molecule has 0 aliphatic heterocycles. The fourth-order valence-electron chi connectivity index (χ4n) is 2.81. The number of nitrogens with one attached hydrogen (secondary N) is 2. The molecule has 2 N–H and O–H groups in total. The SMILES string of the molecule is CC(C)(C)OC(=O)NCC1CCCC1Nc1cc(Br)ccc1Cl. The van der Waals surface area contributed by atoms with E-state index in [-0.39, 0.29) is 6.09 Å². The zero-order valence-corrected chi connectivity index (χ0v) is 16.1. The lowest BCUT2D eigenvalue weighted by molar-refractivity contribution is 0.0519. The third-order valence-corrected chi connectivity index (χ3v) is 4.66. The van der Waals surface area contributed by atoms with Crippen LogP contribution >= 0.6 is 27.5 Å². The van der Waals surface area contributed by atoms with E-state index in [1.165, 1.54) is 0 Å².